The van der Waals surface area contributed by atoms with Gasteiger partial charge in [0.25, 0.3) is 0 Å². The fourth-order valence-corrected chi connectivity index (χ4v) is 2.11. The molecule has 2 aromatic rings. The molecule has 3 rings (SSSR count). The highest BCUT2D eigenvalue weighted by Gasteiger charge is 2.21. The van der Waals surface area contributed by atoms with Gasteiger partial charge >= 0.3 is 0 Å². The van der Waals surface area contributed by atoms with Gasteiger partial charge in [-0.1, -0.05) is 30.3 Å². The maximum Gasteiger partial charge on any atom is 0.159 e. The van der Waals surface area contributed by atoms with Gasteiger partial charge in [-0.25, -0.2) is 9.97 Å². The molecule has 1 aromatic heterocycles. The molecule has 1 heterocycles. The van der Waals surface area contributed by atoms with Crippen molar-refractivity contribution < 1.29 is 0 Å². The van der Waals surface area contributed by atoms with Crippen molar-refractivity contribution in [2.45, 2.75) is 18.9 Å². The molecule has 1 atom stereocenters. The first kappa shape index (κ1) is 9.48. The summed E-state index contributed by atoms with van der Waals surface area (Å²) in [7, 11) is 0. The normalized spacial score (nSPS) is 18.4. The summed E-state index contributed by atoms with van der Waals surface area (Å²) < 4.78 is 0. The fourth-order valence-electron chi connectivity index (χ4n) is 2.11. The fraction of sp³-hybridized carbons (Fsp3) is 0.231. The summed E-state index contributed by atoms with van der Waals surface area (Å²) in [5, 5.41) is 0. The second kappa shape index (κ2) is 3.68. The minimum atomic E-state index is 0.125. The van der Waals surface area contributed by atoms with Crippen LogP contribution in [-0.2, 0) is 6.42 Å². The van der Waals surface area contributed by atoms with Crippen LogP contribution >= 0.6 is 0 Å². The highest BCUT2D eigenvalue weighted by molar-refractivity contribution is 5.55. The van der Waals surface area contributed by atoms with E-state index < -0.39 is 0 Å². The molecule has 80 valence electrons. The number of hydrogen-bond acceptors (Lipinski definition) is 3. The average molecular weight is 211 g/mol. The zero-order chi connectivity index (χ0) is 11.0. The van der Waals surface area contributed by atoms with E-state index in [0.717, 1.165) is 35.5 Å². The van der Waals surface area contributed by atoms with Crippen molar-refractivity contribution in [3.8, 4) is 11.4 Å². The Bertz CT molecular complexity index is 508. The van der Waals surface area contributed by atoms with E-state index in [4.69, 9.17) is 5.73 Å². The summed E-state index contributed by atoms with van der Waals surface area (Å²) in [6.45, 7) is 0. The Labute approximate surface area is 94.4 Å². The third-order valence-electron chi connectivity index (χ3n) is 3.02. The molecular formula is C13H13N3. The van der Waals surface area contributed by atoms with Crippen molar-refractivity contribution in [3.05, 3.63) is 47.8 Å². The van der Waals surface area contributed by atoms with Crippen LogP contribution in [0.25, 0.3) is 11.4 Å². The van der Waals surface area contributed by atoms with Crippen LogP contribution in [0.1, 0.15) is 23.7 Å². The third kappa shape index (κ3) is 1.49. The Morgan fingerprint density at radius 1 is 1.19 bits per heavy atom. The van der Waals surface area contributed by atoms with Crippen molar-refractivity contribution in [2.24, 2.45) is 5.73 Å². The molecule has 0 radical (unpaired) electrons. The van der Waals surface area contributed by atoms with E-state index in [1.54, 1.807) is 0 Å². The Morgan fingerprint density at radius 3 is 2.81 bits per heavy atom. The predicted octanol–water partition coefficient (Wildman–Crippen LogP) is 2.09. The summed E-state index contributed by atoms with van der Waals surface area (Å²) in [5.74, 6) is 0.799. The van der Waals surface area contributed by atoms with Crippen molar-refractivity contribution in [1.29, 1.82) is 0 Å². The smallest absolute Gasteiger partial charge is 0.159 e. The van der Waals surface area contributed by atoms with Gasteiger partial charge in [0, 0.05) is 29.1 Å². The molecule has 1 unspecified atom stereocenters. The highest BCUT2D eigenvalue weighted by atomic mass is 14.9. The van der Waals surface area contributed by atoms with Crippen LogP contribution in [0.4, 0.5) is 0 Å². The first-order valence-corrected chi connectivity index (χ1v) is 5.51. The van der Waals surface area contributed by atoms with Crippen LogP contribution in [0.15, 0.2) is 36.5 Å². The first-order valence-electron chi connectivity index (χ1n) is 5.51. The van der Waals surface area contributed by atoms with Gasteiger partial charge in [0.05, 0.1) is 0 Å². The Balaban J connectivity index is 2.06. The molecule has 1 aliphatic carbocycles. The second-order valence-corrected chi connectivity index (χ2v) is 4.11. The van der Waals surface area contributed by atoms with E-state index in [9.17, 15) is 0 Å². The minimum Gasteiger partial charge on any atom is -0.324 e. The van der Waals surface area contributed by atoms with Crippen LogP contribution in [0.5, 0.6) is 0 Å². The monoisotopic (exact) mass is 211 g/mol. The van der Waals surface area contributed by atoms with Crippen LogP contribution in [-0.4, -0.2) is 9.97 Å². The number of aromatic nitrogens is 2. The van der Waals surface area contributed by atoms with Crippen molar-refractivity contribution in [3.63, 3.8) is 0 Å². The lowest BCUT2D eigenvalue weighted by Gasteiger charge is -2.05. The van der Waals surface area contributed by atoms with Crippen molar-refractivity contribution in [2.75, 3.05) is 0 Å². The largest absolute Gasteiger partial charge is 0.324 e. The van der Waals surface area contributed by atoms with Crippen LogP contribution in [0, 0.1) is 0 Å². The molecule has 16 heavy (non-hydrogen) atoms. The van der Waals surface area contributed by atoms with E-state index in [-0.39, 0.29) is 6.04 Å². The number of fused-ring (bicyclic) bond motifs is 1. The zero-order valence-corrected chi connectivity index (χ0v) is 8.93. The number of nitrogens with zero attached hydrogens (tertiary/aromatic N) is 2. The maximum atomic E-state index is 5.96. The van der Waals surface area contributed by atoms with Gasteiger partial charge in [-0.3, -0.25) is 0 Å². The number of nitrogens with two attached hydrogens (primary N) is 1. The highest BCUT2D eigenvalue weighted by Crippen LogP contribution is 2.28. The first-order chi connectivity index (χ1) is 7.84. The molecule has 1 aliphatic rings. The molecule has 0 saturated carbocycles. The van der Waals surface area contributed by atoms with Gasteiger partial charge in [-0.15, -0.1) is 0 Å². The zero-order valence-electron chi connectivity index (χ0n) is 8.93. The van der Waals surface area contributed by atoms with E-state index >= 15 is 0 Å². The summed E-state index contributed by atoms with van der Waals surface area (Å²) in [4.78, 5) is 8.96. The quantitative estimate of drug-likeness (QED) is 0.785. The number of aryl methyl sites for hydroxylation is 1. The van der Waals surface area contributed by atoms with Gasteiger partial charge in [-0.05, 0) is 12.8 Å². The predicted molar refractivity (Wildman–Crippen MR) is 62.7 cm³/mol. The molecule has 0 bridgehead atoms. The lowest BCUT2D eigenvalue weighted by atomic mass is 10.2. The lowest BCUT2D eigenvalue weighted by Crippen LogP contribution is -2.06. The standard InChI is InChI=1S/C13H13N3/c14-11-6-7-12-10(11)8-15-13(16-12)9-4-2-1-3-5-9/h1-5,8,11H,6-7,14H2. The van der Waals surface area contributed by atoms with Crippen LogP contribution in [0.2, 0.25) is 0 Å². The summed E-state index contributed by atoms with van der Waals surface area (Å²) in [5.41, 5.74) is 9.24. The second-order valence-electron chi connectivity index (χ2n) is 4.11. The van der Waals surface area contributed by atoms with Gasteiger partial charge in [0.1, 0.15) is 0 Å². The number of benzene rings is 1. The van der Waals surface area contributed by atoms with Crippen LogP contribution < -0.4 is 5.73 Å². The van der Waals surface area contributed by atoms with Gasteiger partial charge in [-0.2, -0.15) is 0 Å². The van der Waals surface area contributed by atoms with Gasteiger partial charge < -0.3 is 5.73 Å². The molecule has 1 aromatic carbocycles. The SMILES string of the molecule is NC1CCc2nc(-c3ccccc3)ncc21. The Hall–Kier alpha value is -1.74. The number of hydrogen-bond donors (Lipinski definition) is 1. The van der Waals surface area contributed by atoms with E-state index in [2.05, 4.69) is 9.97 Å². The molecule has 0 aliphatic heterocycles. The van der Waals surface area contributed by atoms with E-state index in [1.807, 2.05) is 36.5 Å². The summed E-state index contributed by atoms with van der Waals surface area (Å²) >= 11 is 0. The van der Waals surface area contributed by atoms with Crippen molar-refractivity contribution in [1.82, 2.24) is 9.97 Å². The third-order valence-corrected chi connectivity index (χ3v) is 3.02. The van der Waals surface area contributed by atoms with E-state index in [0.29, 0.717) is 0 Å². The number of rotatable bonds is 1. The van der Waals surface area contributed by atoms with Gasteiger partial charge in [0.15, 0.2) is 5.82 Å². The lowest BCUT2D eigenvalue weighted by molar-refractivity contribution is 0.711. The summed E-state index contributed by atoms with van der Waals surface area (Å²) in [6, 6.07) is 10.2. The molecule has 0 spiro atoms. The molecule has 0 saturated heterocycles. The Kier molecular flexibility index (Phi) is 2.18. The topological polar surface area (TPSA) is 51.8 Å². The average Bonchev–Trinajstić information content (AvgIpc) is 2.72. The maximum absolute atomic E-state index is 5.96. The molecule has 2 N–H and O–H groups in total. The molecule has 3 heteroatoms. The molecular weight excluding hydrogens is 198 g/mol. The molecule has 3 nitrogen and oxygen atoms in total. The molecule has 0 fully saturated rings. The molecule has 0 amide bonds. The van der Waals surface area contributed by atoms with E-state index in [1.165, 1.54) is 0 Å². The van der Waals surface area contributed by atoms with Crippen LogP contribution in [0.3, 0.4) is 0 Å². The van der Waals surface area contributed by atoms with Crippen molar-refractivity contribution >= 4 is 0 Å². The Morgan fingerprint density at radius 2 is 2.00 bits per heavy atom. The summed E-state index contributed by atoms with van der Waals surface area (Å²) in [6.07, 6.45) is 3.84. The van der Waals surface area contributed by atoms with Gasteiger partial charge in [0.2, 0.25) is 0 Å². The minimum absolute atomic E-state index is 0.125.